The van der Waals surface area contributed by atoms with E-state index in [9.17, 15) is 23.1 Å². The molecular weight excluding hydrogens is 450 g/mol. The van der Waals surface area contributed by atoms with Gasteiger partial charge >= 0.3 is 0 Å². The van der Waals surface area contributed by atoms with E-state index in [0.29, 0.717) is 11.3 Å². The smallest absolute Gasteiger partial charge is 0.273 e. The van der Waals surface area contributed by atoms with Crippen LogP contribution >= 0.6 is 22.9 Å². The first-order valence-corrected chi connectivity index (χ1v) is 11.2. The van der Waals surface area contributed by atoms with Crippen LogP contribution in [0.5, 0.6) is 5.75 Å². The molecule has 3 rings (SSSR count). The molecule has 0 aliphatic carbocycles. The summed E-state index contributed by atoms with van der Waals surface area (Å²) in [5.41, 5.74) is 5.33. The highest BCUT2D eigenvalue weighted by atomic mass is 35.5. The molecule has 0 unspecified atom stereocenters. The lowest BCUT2D eigenvalue weighted by atomic mass is 10.1. The van der Waals surface area contributed by atoms with E-state index >= 15 is 0 Å². The third-order valence-electron chi connectivity index (χ3n) is 3.85. The summed E-state index contributed by atoms with van der Waals surface area (Å²) in [7, 11) is -3.65. The second-order valence-electron chi connectivity index (χ2n) is 6.08. The van der Waals surface area contributed by atoms with E-state index in [-0.39, 0.29) is 27.0 Å². The van der Waals surface area contributed by atoms with Gasteiger partial charge in [-0.15, -0.1) is 11.3 Å². The Balaban J connectivity index is 1.54. The lowest BCUT2D eigenvalue weighted by molar-refractivity contribution is -0.121. The van der Waals surface area contributed by atoms with Crippen molar-refractivity contribution >= 4 is 50.5 Å². The van der Waals surface area contributed by atoms with Crippen molar-refractivity contribution in [3.63, 3.8) is 0 Å². The molecule has 0 saturated heterocycles. The Morgan fingerprint density at radius 2 is 1.77 bits per heavy atom. The number of hydrogen-bond acceptors (Lipinski definition) is 6. The van der Waals surface area contributed by atoms with Crippen molar-refractivity contribution in [1.82, 2.24) is 10.9 Å². The highest BCUT2D eigenvalue weighted by Crippen LogP contribution is 2.22. The van der Waals surface area contributed by atoms with Gasteiger partial charge in [0, 0.05) is 10.7 Å². The molecular formula is C19H16ClN3O5S2. The average Bonchev–Trinajstić information content (AvgIpc) is 3.25. The van der Waals surface area contributed by atoms with Crippen molar-refractivity contribution in [1.29, 1.82) is 0 Å². The molecule has 0 spiro atoms. The number of anilines is 1. The summed E-state index contributed by atoms with van der Waals surface area (Å²) in [6.45, 7) is 0. The van der Waals surface area contributed by atoms with Crippen LogP contribution in [0.25, 0.3) is 0 Å². The molecule has 2 aromatic carbocycles. The maximum atomic E-state index is 12.2. The van der Waals surface area contributed by atoms with Crippen LogP contribution in [0.3, 0.4) is 0 Å². The average molecular weight is 466 g/mol. The maximum Gasteiger partial charge on any atom is 0.273 e. The fourth-order valence-electron chi connectivity index (χ4n) is 2.43. The minimum Gasteiger partial charge on any atom is -0.507 e. The number of thiophene rings is 1. The predicted octanol–water partition coefficient (Wildman–Crippen LogP) is 2.91. The SMILES string of the molecule is O=C(Cc1ccc(NS(=O)(=O)c2cccs2)cc1)NNC(=O)c1cc(Cl)ccc1O. The van der Waals surface area contributed by atoms with Crippen molar-refractivity contribution < 1.29 is 23.1 Å². The Morgan fingerprint density at radius 1 is 1.03 bits per heavy atom. The molecule has 11 heteroatoms. The van der Waals surface area contributed by atoms with Crippen molar-refractivity contribution in [2.45, 2.75) is 10.6 Å². The molecule has 156 valence electrons. The Morgan fingerprint density at radius 3 is 2.43 bits per heavy atom. The molecule has 0 atom stereocenters. The minimum absolute atomic E-state index is 0.0558. The van der Waals surface area contributed by atoms with Gasteiger partial charge in [0.2, 0.25) is 5.91 Å². The monoisotopic (exact) mass is 465 g/mol. The van der Waals surface area contributed by atoms with Crippen LogP contribution < -0.4 is 15.6 Å². The topological polar surface area (TPSA) is 125 Å². The second-order valence-corrected chi connectivity index (χ2v) is 9.37. The van der Waals surface area contributed by atoms with Crippen LogP contribution in [-0.2, 0) is 21.2 Å². The zero-order chi connectivity index (χ0) is 21.7. The number of phenolic OH excluding ortho intramolecular Hbond substituents is 1. The lowest BCUT2D eigenvalue weighted by Crippen LogP contribution is -2.42. The molecule has 0 fully saturated rings. The number of sulfonamides is 1. The number of hydrogen-bond donors (Lipinski definition) is 4. The van der Waals surface area contributed by atoms with Crippen LogP contribution in [0.1, 0.15) is 15.9 Å². The molecule has 1 aromatic heterocycles. The van der Waals surface area contributed by atoms with E-state index in [2.05, 4.69) is 15.6 Å². The van der Waals surface area contributed by atoms with Crippen LogP contribution in [0.15, 0.2) is 64.2 Å². The van der Waals surface area contributed by atoms with E-state index in [1.807, 2.05) is 0 Å². The molecule has 0 bridgehead atoms. The summed E-state index contributed by atoms with van der Waals surface area (Å²) in [6.07, 6.45) is -0.0558. The van der Waals surface area contributed by atoms with Gasteiger partial charge in [0.25, 0.3) is 15.9 Å². The summed E-state index contributed by atoms with van der Waals surface area (Å²) < 4.78 is 27.1. The third kappa shape index (κ3) is 5.50. The highest BCUT2D eigenvalue weighted by molar-refractivity contribution is 7.94. The second kappa shape index (κ2) is 9.16. The van der Waals surface area contributed by atoms with Crippen molar-refractivity contribution in [2.24, 2.45) is 0 Å². The summed E-state index contributed by atoms with van der Waals surface area (Å²) in [5, 5.41) is 11.6. The molecule has 8 nitrogen and oxygen atoms in total. The molecule has 0 radical (unpaired) electrons. The lowest BCUT2D eigenvalue weighted by Gasteiger charge is -2.10. The fourth-order valence-corrected chi connectivity index (χ4v) is 4.65. The van der Waals surface area contributed by atoms with E-state index in [4.69, 9.17) is 11.6 Å². The molecule has 0 aliphatic rings. The van der Waals surface area contributed by atoms with Crippen LogP contribution in [0.2, 0.25) is 5.02 Å². The predicted molar refractivity (Wildman–Crippen MR) is 114 cm³/mol. The van der Waals surface area contributed by atoms with Gasteiger partial charge in [-0.25, -0.2) is 8.42 Å². The molecule has 0 aliphatic heterocycles. The zero-order valence-electron chi connectivity index (χ0n) is 15.3. The van der Waals surface area contributed by atoms with E-state index < -0.39 is 21.8 Å². The first-order valence-electron chi connectivity index (χ1n) is 8.47. The number of carbonyl (C=O) groups excluding carboxylic acids is 2. The first-order chi connectivity index (χ1) is 14.2. The van der Waals surface area contributed by atoms with E-state index in [0.717, 1.165) is 11.3 Å². The van der Waals surface area contributed by atoms with Crippen molar-refractivity contribution in [3.8, 4) is 5.75 Å². The fraction of sp³-hybridized carbons (Fsp3) is 0.0526. The maximum absolute atomic E-state index is 12.2. The van der Waals surface area contributed by atoms with Crippen LogP contribution in [-0.4, -0.2) is 25.3 Å². The van der Waals surface area contributed by atoms with Gasteiger partial charge in [-0.3, -0.25) is 25.2 Å². The van der Waals surface area contributed by atoms with E-state index in [1.54, 1.807) is 23.6 Å². The van der Waals surface area contributed by atoms with E-state index in [1.165, 1.54) is 36.4 Å². The van der Waals surface area contributed by atoms with Gasteiger partial charge < -0.3 is 5.11 Å². The number of hydrazine groups is 1. The van der Waals surface area contributed by atoms with Crippen molar-refractivity contribution in [2.75, 3.05) is 4.72 Å². The van der Waals surface area contributed by atoms with Gasteiger partial charge in [-0.05, 0) is 47.3 Å². The quantitative estimate of drug-likeness (QED) is 0.416. The zero-order valence-corrected chi connectivity index (χ0v) is 17.6. The summed E-state index contributed by atoms with van der Waals surface area (Å²) in [6, 6.07) is 13.4. The number of nitrogens with one attached hydrogen (secondary N) is 3. The number of phenols is 1. The van der Waals surface area contributed by atoms with Gasteiger partial charge in [0.05, 0.1) is 12.0 Å². The van der Waals surface area contributed by atoms with Gasteiger partial charge in [0.15, 0.2) is 0 Å². The standard InChI is InChI=1S/C19H16ClN3O5S2/c20-13-5-8-16(24)15(11-13)19(26)22-21-17(25)10-12-3-6-14(7-4-12)23-30(27,28)18-2-1-9-29-18/h1-9,11,23-24H,10H2,(H,21,25)(H,22,26). The normalized spacial score (nSPS) is 11.0. The molecule has 30 heavy (non-hydrogen) atoms. The number of amides is 2. The highest BCUT2D eigenvalue weighted by Gasteiger charge is 2.15. The Bertz CT molecular complexity index is 1160. The first kappa shape index (κ1) is 21.6. The van der Waals surface area contributed by atoms with Crippen molar-refractivity contribution in [3.05, 3.63) is 76.1 Å². The number of benzene rings is 2. The Labute approximate surface area is 181 Å². The number of rotatable bonds is 6. The van der Waals surface area contributed by atoms with Crippen LogP contribution in [0, 0.1) is 0 Å². The van der Waals surface area contributed by atoms with Gasteiger partial charge in [-0.1, -0.05) is 29.8 Å². The molecule has 3 aromatic rings. The summed E-state index contributed by atoms with van der Waals surface area (Å²) >= 11 is 6.90. The largest absolute Gasteiger partial charge is 0.507 e. The molecule has 1 heterocycles. The summed E-state index contributed by atoms with van der Waals surface area (Å²) in [5.74, 6) is -1.50. The molecule has 2 amide bonds. The number of halogens is 1. The van der Waals surface area contributed by atoms with Gasteiger partial charge in [-0.2, -0.15) is 0 Å². The molecule has 0 saturated carbocycles. The Hall–Kier alpha value is -3.08. The third-order valence-corrected chi connectivity index (χ3v) is 6.86. The van der Waals surface area contributed by atoms with Gasteiger partial charge in [0.1, 0.15) is 9.96 Å². The minimum atomic E-state index is -3.65. The van der Waals surface area contributed by atoms with Crippen LogP contribution in [0.4, 0.5) is 5.69 Å². The Kier molecular flexibility index (Phi) is 6.60. The molecule has 4 N–H and O–H groups in total. The number of aromatic hydroxyl groups is 1. The number of carbonyl (C=O) groups is 2. The summed E-state index contributed by atoms with van der Waals surface area (Å²) in [4.78, 5) is 24.1.